The van der Waals surface area contributed by atoms with Crippen molar-refractivity contribution in [2.24, 2.45) is 0 Å². The van der Waals surface area contributed by atoms with Gasteiger partial charge in [0.25, 0.3) is 0 Å². The molecule has 0 saturated heterocycles. The van der Waals surface area contributed by atoms with Crippen molar-refractivity contribution < 1.29 is 0 Å². The second kappa shape index (κ2) is 19.0. The van der Waals surface area contributed by atoms with Crippen LogP contribution < -0.4 is 5.32 Å². The minimum atomic E-state index is 1.17. The van der Waals surface area contributed by atoms with E-state index < -0.39 is 0 Å². The van der Waals surface area contributed by atoms with E-state index in [0.717, 1.165) is 0 Å². The summed E-state index contributed by atoms with van der Waals surface area (Å²) in [6, 6.07) is 0. The Kier molecular flexibility index (Phi) is 18.9. The van der Waals surface area contributed by atoms with Crippen LogP contribution in [0.4, 0.5) is 0 Å². The summed E-state index contributed by atoms with van der Waals surface area (Å²) in [6.45, 7) is 13.1. The van der Waals surface area contributed by atoms with E-state index in [9.17, 15) is 0 Å². The molecule has 134 valence electrons. The fourth-order valence-electron chi connectivity index (χ4n) is 2.90. The Morgan fingerprint density at radius 3 is 1.50 bits per heavy atom. The number of unbranched alkanes of at least 4 members (excludes halogenated alkanes) is 9. The fraction of sp³-hybridized carbons (Fsp3) is 1.00. The van der Waals surface area contributed by atoms with Crippen molar-refractivity contribution in [2.45, 2.75) is 97.8 Å². The molecule has 0 aliphatic heterocycles. The minimum Gasteiger partial charge on any atom is -0.315 e. The molecule has 0 aliphatic carbocycles. The van der Waals surface area contributed by atoms with Crippen molar-refractivity contribution in [3.05, 3.63) is 0 Å². The van der Waals surface area contributed by atoms with Crippen LogP contribution in [0.5, 0.6) is 0 Å². The number of nitrogens with one attached hydrogen (secondary N) is 1. The van der Waals surface area contributed by atoms with Crippen LogP contribution in [0.2, 0.25) is 0 Å². The molecule has 2 heteroatoms. The highest BCUT2D eigenvalue weighted by Crippen LogP contribution is 2.05. The Morgan fingerprint density at radius 2 is 1.00 bits per heavy atom. The van der Waals surface area contributed by atoms with E-state index in [0.29, 0.717) is 0 Å². The second-order valence-electron chi connectivity index (χ2n) is 6.77. The molecule has 0 atom stereocenters. The Hall–Kier alpha value is -0.0800. The summed E-state index contributed by atoms with van der Waals surface area (Å²) in [4.78, 5) is 2.70. The number of hydrogen-bond donors (Lipinski definition) is 1. The normalized spacial score (nSPS) is 11.5. The van der Waals surface area contributed by atoms with E-state index in [1.165, 1.54) is 110 Å². The molecule has 22 heavy (non-hydrogen) atoms. The summed E-state index contributed by atoms with van der Waals surface area (Å²) in [5.41, 5.74) is 0. The summed E-state index contributed by atoms with van der Waals surface area (Å²) in [5.74, 6) is 0. The van der Waals surface area contributed by atoms with Gasteiger partial charge in [0.15, 0.2) is 0 Å². The summed E-state index contributed by atoms with van der Waals surface area (Å²) >= 11 is 0. The van der Waals surface area contributed by atoms with Gasteiger partial charge >= 0.3 is 0 Å². The van der Waals surface area contributed by atoms with Crippen molar-refractivity contribution in [3.8, 4) is 0 Å². The maximum atomic E-state index is 3.64. The van der Waals surface area contributed by atoms with Gasteiger partial charge in [0.05, 0.1) is 0 Å². The smallest absolute Gasteiger partial charge is 0.0107 e. The van der Waals surface area contributed by atoms with E-state index in [-0.39, 0.29) is 0 Å². The number of hydrogen-bond acceptors (Lipinski definition) is 2. The van der Waals surface area contributed by atoms with Crippen LogP contribution in [0.25, 0.3) is 0 Å². The molecule has 0 aromatic heterocycles. The molecule has 0 aromatic carbocycles. The third-order valence-corrected chi connectivity index (χ3v) is 4.47. The van der Waals surface area contributed by atoms with Crippen molar-refractivity contribution in [2.75, 3.05) is 32.7 Å². The molecule has 0 rings (SSSR count). The van der Waals surface area contributed by atoms with Gasteiger partial charge in [0.2, 0.25) is 0 Å². The largest absolute Gasteiger partial charge is 0.315 e. The maximum Gasteiger partial charge on any atom is 0.0107 e. The highest BCUT2D eigenvalue weighted by Gasteiger charge is 2.04. The summed E-state index contributed by atoms with van der Waals surface area (Å²) in [5, 5.41) is 3.64. The average Bonchev–Trinajstić information content (AvgIpc) is 2.53. The van der Waals surface area contributed by atoms with E-state index in [4.69, 9.17) is 0 Å². The highest BCUT2D eigenvalue weighted by molar-refractivity contribution is 4.61. The Morgan fingerprint density at radius 1 is 0.500 bits per heavy atom. The molecule has 0 unspecified atom stereocenters. The van der Waals surface area contributed by atoms with E-state index in [2.05, 4.69) is 31.0 Å². The SMILES string of the molecule is CCCCCCNCCN(CCCCCC)CCCCCC. The maximum absolute atomic E-state index is 3.64. The Bertz CT molecular complexity index is 182. The van der Waals surface area contributed by atoms with E-state index in [1.54, 1.807) is 0 Å². The molecule has 1 N–H and O–H groups in total. The molecule has 0 amide bonds. The molecule has 0 spiro atoms. The second-order valence-corrected chi connectivity index (χ2v) is 6.77. The summed E-state index contributed by atoms with van der Waals surface area (Å²) in [6.07, 6.45) is 16.5. The van der Waals surface area contributed by atoms with E-state index >= 15 is 0 Å². The Balaban J connectivity index is 3.66. The quantitative estimate of drug-likeness (QED) is 0.330. The van der Waals surface area contributed by atoms with Crippen LogP contribution in [-0.2, 0) is 0 Å². The molecule has 0 bridgehead atoms. The predicted molar refractivity (Wildman–Crippen MR) is 102 cm³/mol. The molecule has 0 heterocycles. The van der Waals surface area contributed by atoms with Crippen LogP contribution in [0.1, 0.15) is 97.8 Å². The summed E-state index contributed by atoms with van der Waals surface area (Å²) in [7, 11) is 0. The number of nitrogens with zero attached hydrogens (tertiary/aromatic N) is 1. The first-order chi connectivity index (χ1) is 10.8. The number of rotatable bonds is 18. The third kappa shape index (κ3) is 16.3. The molecule has 0 fully saturated rings. The van der Waals surface area contributed by atoms with Gasteiger partial charge in [-0.05, 0) is 38.9 Å². The van der Waals surface area contributed by atoms with Gasteiger partial charge in [0.1, 0.15) is 0 Å². The van der Waals surface area contributed by atoms with Gasteiger partial charge in [-0.15, -0.1) is 0 Å². The molecular formula is C20H44N2. The molecular weight excluding hydrogens is 268 g/mol. The van der Waals surface area contributed by atoms with Crippen LogP contribution in [0.3, 0.4) is 0 Å². The lowest BCUT2D eigenvalue weighted by atomic mass is 10.1. The topological polar surface area (TPSA) is 15.3 Å². The predicted octanol–water partition coefficient (Wildman–Crippen LogP) is 5.62. The van der Waals surface area contributed by atoms with Gasteiger partial charge < -0.3 is 10.2 Å². The summed E-state index contributed by atoms with van der Waals surface area (Å²) < 4.78 is 0. The van der Waals surface area contributed by atoms with Crippen molar-refractivity contribution in [3.63, 3.8) is 0 Å². The lowest BCUT2D eigenvalue weighted by Gasteiger charge is -2.22. The fourth-order valence-corrected chi connectivity index (χ4v) is 2.90. The van der Waals surface area contributed by atoms with Crippen LogP contribution >= 0.6 is 0 Å². The lowest BCUT2D eigenvalue weighted by Crippen LogP contribution is -2.34. The van der Waals surface area contributed by atoms with Gasteiger partial charge in [-0.1, -0.05) is 78.6 Å². The van der Waals surface area contributed by atoms with Crippen LogP contribution in [0, 0.1) is 0 Å². The highest BCUT2D eigenvalue weighted by atomic mass is 15.1. The van der Waals surface area contributed by atoms with Crippen molar-refractivity contribution >= 4 is 0 Å². The zero-order chi connectivity index (χ0) is 16.3. The van der Waals surface area contributed by atoms with Gasteiger partial charge in [0, 0.05) is 13.1 Å². The zero-order valence-corrected chi connectivity index (χ0v) is 16.0. The molecule has 2 nitrogen and oxygen atoms in total. The lowest BCUT2D eigenvalue weighted by molar-refractivity contribution is 0.260. The first-order valence-corrected chi connectivity index (χ1v) is 10.3. The monoisotopic (exact) mass is 312 g/mol. The minimum absolute atomic E-state index is 1.17. The van der Waals surface area contributed by atoms with Gasteiger partial charge in [-0.25, -0.2) is 0 Å². The average molecular weight is 313 g/mol. The zero-order valence-electron chi connectivity index (χ0n) is 16.0. The molecule has 0 aliphatic rings. The third-order valence-electron chi connectivity index (χ3n) is 4.47. The van der Waals surface area contributed by atoms with Crippen LogP contribution in [0.15, 0.2) is 0 Å². The first kappa shape index (κ1) is 21.9. The Labute approximate surface area is 141 Å². The first-order valence-electron chi connectivity index (χ1n) is 10.3. The van der Waals surface area contributed by atoms with Crippen molar-refractivity contribution in [1.82, 2.24) is 10.2 Å². The van der Waals surface area contributed by atoms with Gasteiger partial charge in [-0.3, -0.25) is 0 Å². The van der Waals surface area contributed by atoms with Gasteiger partial charge in [-0.2, -0.15) is 0 Å². The van der Waals surface area contributed by atoms with Crippen LogP contribution in [-0.4, -0.2) is 37.6 Å². The van der Waals surface area contributed by atoms with E-state index in [1.807, 2.05) is 0 Å². The molecule has 0 aromatic rings. The standard InChI is InChI=1S/C20H44N2/c1-4-7-10-13-16-21-17-20-22(18-14-11-8-5-2)19-15-12-9-6-3/h21H,4-20H2,1-3H3. The molecule has 0 radical (unpaired) electrons. The van der Waals surface area contributed by atoms with Crippen molar-refractivity contribution in [1.29, 1.82) is 0 Å². The molecule has 0 saturated carbocycles.